The first-order chi connectivity index (χ1) is 6.65. The van der Waals surface area contributed by atoms with E-state index in [1.165, 1.54) is 12.8 Å². The van der Waals surface area contributed by atoms with E-state index in [1.807, 2.05) is 13.8 Å². The fourth-order valence-electron chi connectivity index (χ4n) is 1.92. The molecule has 1 fully saturated rings. The van der Waals surface area contributed by atoms with E-state index in [1.54, 1.807) is 0 Å². The van der Waals surface area contributed by atoms with Crippen LogP contribution in [0, 0.1) is 5.92 Å². The van der Waals surface area contributed by atoms with E-state index < -0.39 is 0 Å². The summed E-state index contributed by atoms with van der Waals surface area (Å²) in [4.78, 5) is 2.14. The van der Waals surface area contributed by atoms with Gasteiger partial charge in [-0.25, -0.2) is 0 Å². The van der Waals surface area contributed by atoms with Gasteiger partial charge < -0.3 is 5.11 Å². The van der Waals surface area contributed by atoms with E-state index in [-0.39, 0.29) is 12.1 Å². The van der Waals surface area contributed by atoms with Gasteiger partial charge in [-0.3, -0.25) is 4.90 Å². The number of hydrogen-bond acceptors (Lipinski definition) is 2. The first-order valence-electron chi connectivity index (χ1n) is 5.30. The lowest BCUT2D eigenvalue weighted by Gasteiger charge is -2.26. The average Bonchev–Trinajstić information content (AvgIpc) is 2.69. The normalized spacial score (nSPS) is 23.9. The number of halogens is 1. The highest BCUT2D eigenvalue weighted by molar-refractivity contribution is 6.19. The Morgan fingerprint density at radius 2 is 2.07 bits per heavy atom. The predicted molar refractivity (Wildman–Crippen MR) is 60.5 cm³/mol. The zero-order chi connectivity index (χ0) is 10.6. The molecule has 0 spiro atoms. The van der Waals surface area contributed by atoms with Gasteiger partial charge in [-0.15, -0.1) is 11.6 Å². The van der Waals surface area contributed by atoms with Gasteiger partial charge in [0.05, 0.1) is 0 Å². The summed E-state index contributed by atoms with van der Waals surface area (Å²) in [6.07, 6.45) is 4.15. The summed E-state index contributed by atoms with van der Waals surface area (Å²) < 4.78 is 0. The highest BCUT2D eigenvalue weighted by Crippen LogP contribution is 2.17. The molecule has 2 nitrogen and oxygen atoms in total. The molecule has 0 aliphatic carbocycles. The van der Waals surface area contributed by atoms with E-state index in [9.17, 15) is 5.11 Å². The molecular formula is C11H20ClNO. The van der Waals surface area contributed by atoms with Crippen molar-refractivity contribution in [3.63, 3.8) is 0 Å². The Labute approximate surface area is 91.6 Å². The monoisotopic (exact) mass is 217 g/mol. The molecule has 0 amide bonds. The summed E-state index contributed by atoms with van der Waals surface area (Å²) in [5.74, 6) is 0.726. The van der Waals surface area contributed by atoms with Crippen LogP contribution in [-0.2, 0) is 0 Å². The lowest BCUT2D eigenvalue weighted by Crippen LogP contribution is -2.36. The molecule has 1 saturated heterocycles. The SMILES string of the molecule is CC(=CC(C)C(O)N1CCCC1)CCl. The number of alkyl halides is 1. The molecule has 0 saturated carbocycles. The van der Waals surface area contributed by atoms with Crippen molar-refractivity contribution in [1.29, 1.82) is 0 Å². The fraction of sp³-hybridized carbons (Fsp3) is 0.818. The topological polar surface area (TPSA) is 23.5 Å². The molecule has 1 aliphatic heterocycles. The molecule has 0 aromatic heterocycles. The minimum atomic E-state index is -0.337. The third kappa shape index (κ3) is 3.26. The number of likely N-dealkylation sites (tertiary alicyclic amines) is 1. The summed E-state index contributed by atoms with van der Waals surface area (Å²) in [6, 6.07) is 0. The van der Waals surface area contributed by atoms with E-state index >= 15 is 0 Å². The van der Waals surface area contributed by atoms with Gasteiger partial charge in [-0.1, -0.05) is 18.6 Å². The number of allylic oxidation sites excluding steroid dienone is 1. The Morgan fingerprint density at radius 1 is 1.50 bits per heavy atom. The predicted octanol–water partition coefficient (Wildman–Crippen LogP) is 2.22. The minimum Gasteiger partial charge on any atom is -0.378 e. The number of nitrogens with zero attached hydrogens (tertiary/aromatic N) is 1. The number of aliphatic hydroxyl groups excluding tert-OH is 1. The molecule has 2 unspecified atom stereocenters. The molecule has 1 aliphatic rings. The molecule has 0 aromatic carbocycles. The van der Waals surface area contributed by atoms with Crippen LogP contribution < -0.4 is 0 Å². The van der Waals surface area contributed by atoms with Crippen molar-refractivity contribution in [2.45, 2.75) is 32.9 Å². The molecule has 1 heterocycles. The summed E-state index contributed by atoms with van der Waals surface area (Å²) in [6.45, 7) is 6.10. The molecule has 0 aromatic rings. The highest BCUT2D eigenvalue weighted by atomic mass is 35.5. The Kier molecular flexibility index (Phi) is 4.93. The maximum atomic E-state index is 10.0. The van der Waals surface area contributed by atoms with E-state index in [0.717, 1.165) is 18.7 Å². The zero-order valence-electron chi connectivity index (χ0n) is 9.04. The molecule has 82 valence electrons. The molecule has 3 heteroatoms. The molecule has 14 heavy (non-hydrogen) atoms. The Balaban J connectivity index is 2.46. The maximum Gasteiger partial charge on any atom is 0.113 e. The van der Waals surface area contributed by atoms with Crippen LogP contribution in [0.2, 0.25) is 0 Å². The van der Waals surface area contributed by atoms with Crippen LogP contribution in [0.4, 0.5) is 0 Å². The summed E-state index contributed by atoms with van der Waals surface area (Å²) in [7, 11) is 0. The maximum absolute atomic E-state index is 10.0. The zero-order valence-corrected chi connectivity index (χ0v) is 9.80. The van der Waals surface area contributed by atoms with Crippen molar-refractivity contribution < 1.29 is 5.11 Å². The van der Waals surface area contributed by atoms with Crippen LogP contribution in [0.25, 0.3) is 0 Å². The van der Waals surface area contributed by atoms with E-state index in [0.29, 0.717) is 5.88 Å². The van der Waals surface area contributed by atoms with Gasteiger partial charge in [0.1, 0.15) is 6.23 Å². The number of hydrogen-bond donors (Lipinski definition) is 1. The second-order valence-corrected chi connectivity index (χ2v) is 4.43. The third-order valence-corrected chi connectivity index (χ3v) is 3.16. The first-order valence-corrected chi connectivity index (χ1v) is 5.84. The molecule has 0 radical (unpaired) electrons. The van der Waals surface area contributed by atoms with Crippen LogP contribution in [0.1, 0.15) is 26.7 Å². The van der Waals surface area contributed by atoms with Crippen molar-refractivity contribution >= 4 is 11.6 Å². The summed E-state index contributed by atoms with van der Waals surface area (Å²) in [5.41, 5.74) is 1.14. The molecular weight excluding hydrogens is 198 g/mol. The Morgan fingerprint density at radius 3 is 2.57 bits per heavy atom. The quantitative estimate of drug-likeness (QED) is 0.577. The lowest BCUT2D eigenvalue weighted by molar-refractivity contribution is -0.00677. The van der Waals surface area contributed by atoms with Crippen molar-refractivity contribution in [2.75, 3.05) is 19.0 Å². The highest BCUT2D eigenvalue weighted by Gasteiger charge is 2.23. The number of rotatable bonds is 4. The van der Waals surface area contributed by atoms with E-state index in [2.05, 4.69) is 11.0 Å². The molecule has 2 atom stereocenters. The smallest absolute Gasteiger partial charge is 0.113 e. The molecule has 0 bridgehead atoms. The summed E-state index contributed by atoms with van der Waals surface area (Å²) >= 11 is 5.70. The third-order valence-electron chi connectivity index (χ3n) is 2.74. The van der Waals surface area contributed by atoms with Gasteiger partial charge in [0, 0.05) is 24.9 Å². The standard InChI is InChI=1S/C11H20ClNO/c1-9(8-12)7-10(2)11(14)13-5-3-4-6-13/h7,10-11,14H,3-6,8H2,1-2H3. The van der Waals surface area contributed by atoms with Gasteiger partial charge in [0.2, 0.25) is 0 Å². The van der Waals surface area contributed by atoms with Gasteiger partial charge in [0.15, 0.2) is 0 Å². The van der Waals surface area contributed by atoms with Crippen molar-refractivity contribution in [1.82, 2.24) is 4.90 Å². The van der Waals surface area contributed by atoms with Gasteiger partial charge in [-0.05, 0) is 19.8 Å². The second-order valence-electron chi connectivity index (χ2n) is 4.16. The van der Waals surface area contributed by atoms with Crippen LogP contribution in [-0.4, -0.2) is 35.2 Å². The van der Waals surface area contributed by atoms with Gasteiger partial charge in [0.25, 0.3) is 0 Å². The van der Waals surface area contributed by atoms with Gasteiger partial charge in [-0.2, -0.15) is 0 Å². The van der Waals surface area contributed by atoms with Gasteiger partial charge >= 0.3 is 0 Å². The molecule has 1 N–H and O–H groups in total. The Hall–Kier alpha value is -0.0500. The second kappa shape index (κ2) is 5.74. The van der Waals surface area contributed by atoms with Crippen LogP contribution in [0.5, 0.6) is 0 Å². The van der Waals surface area contributed by atoms with Crippen molar-refractivity contribution in [3.05, 3.63) is 11.6 Å². The van der Waals surface area contributed by atoms with Crippen LogP contribution in [0.3, 0.4) is 0 Å². The summed E-state index contributed by atoms with van der Waals surface area (Å²) in [5, 5.41) is 10.0. The fourth-order valence-corrected chi connectivity index (χ4v) is 2.01. The average molecular weight is 218 g/mol. The van der Waals surface area contributed by atoms with Crippen molar-refractivity contribution in [2.24, 2.45) is 5.92 Å². The Bertz CT molecular complexity index is 199. The number of aliphatic hydroxyl groups is 1. The first kappa shape index (κ1) is 12.0. The van der Waals surface area contributed by atoms with Crippen LogP contribution >= 0.6 is 11.6 Å². The molecule has 1 rings (SSSR count). The largest absolute Gasteiger partial charge is 0.378 e. The van der Waals surface area contributed by atoms with Crippen molar-refractivity contribution in [3.8, 4) is 0 Å². The lowest BCUT2D eigenvalue weighted by atomic mass is 10.1. The van der Waals surface area contributed by atoms with E-state index in [4.69, 9.17) is 11.6 Å². The van der Waals surface area contributed by atoms with Crippen LogP contribution in [0.15, 0.2) is 11.6 Å². The minimum absolute atomic E-state index is 0.173.